The Bertz CT molecular complexity index is 808. The first-order valence-corrected chi connectivity index (χ1v) is 8.51. The van der Waals surface area contributed by atoms with Crippen LogP contribution < -0.4 is 0 Å². The zero-order valence-corrected chi connectivity index (χ0v) is 13.0. The van der Waals surface area contributed by atoms with Gasteiger partial charge in [0, 0.05) is 21.1 Å². The highest BCUT2D eigenvalue weighted by molar-refractivity contribution is 7.98. The van der Waals surface area contributed by atoms with Crippen LogP contribution in [0.1, 0.15) is 10.4 Å². The Morgan fingerprint density at radius 1 is 1.05 bits per heavy atom. The molecule has 21 heavy (non-hydrogen) atoms. The maximum absolute atomic E-state index is 8.79. The third-order valence-corrected chi connectivity index (χ3v) is 5.26. The van der Waals surface area contributed by atoms with E-state index in [0.717, 1.165) is 11.3 Å². The molecule has 0 atom stereocenters. The number of thioether (sulfide) groups is 1. The lowest BCUT2D eigenvalue weighted by Gasteiger charge is -2.03. The minimum atomic E-state index is -0.0902. The van der Waals surface area contributed by atoms with E-state index in [1.165, 1.54) is 20.5 Å². The highest BCUT2D eigenvalue weighted by atomic mass is 32.2. The number of thiophene rings is 1. The maximum Gasteiger partial charge on any atom is 0.104 e. The Morgan fingerprint density at radius 2 is 1.90 bits per heavy atom. The van der Waals surface area contributed by atoms with E-state index in [-0.39, 0.29) is 6.61 Å². The second-order valence-electron chi connectivity index (χ2n) is 4.51. The Morgan fingerprint density at radius 3 is 2.76 bits per heavy atom. The Balaban J connectivity index is 1.76. The van der Waals surface area contributed by atoms with E-state index < -0.39 is 0 Å². The summed E-state index contributed by atoms with van der Waals surface area (Å²) in [6, 6.07) is 17.0. The molecule has 0 aliphatic heterocycles. The summed E-state index contributed by atoms with van der Waals surface area (Å²) in [5.41, 5.74) is 1.03. The number of hydrogen-bond acceptors (Lipinski definition) is 3. The molecule has 1 N–H and O–H groups in total. The van der Waals surface area contributed by atoms with Crippen LogP contribution in [0.25, 0.3) is 10.8 Å². The lowest BCUT2D eigenvalue weighted by molar-refractivity contribution is 0.350. The van der Waals surface area contributed by atoms with Crippen LogP contribution in [0.4, 0.5) is 0 Å². The Kier molecular flexibility index (Phi) is 4.62. The highest BCUT2D eigenvalue weighted by Gasteiger charge is 2.04. The van der Waals surface area contributed by atoms with Crippen LogP contribution in [0.15, 0.2) is 58.8 Å². The zero-order chi connectivity index (χ0) is 14.5. The van der Waals surface area contributed by atoms with Crippen molar-refractivity contribution in [2.75, 3.05) is 6.61 Å². The standard InChI is InChI=1S/C18H14OS2/c19-10-3-6-15-9-11-20-18(15)13-21-17-8-7-14-4-1-2-5-16(14)12-17/h1-2,4-5,7-9,11-12,19H,10,13H2. The molecule has 3 heteroatoms. The second kappa shape index (κ2) is 6.82. The number of aliphatic hydroxyl groups excluding tert-OH is 1. The van der Waals surface area contributed by atoms with Gasteiger partial charge in [-0.2, -0.15) is 0 Å². The van der Waals surface area contributed by atoms with Gasteiger partial charge in [0.05, 0.1) is 0 Å². The van der Waals surface area contributed by atoms with E-state index in [4.69, 9.17) is 5.11 Å². The van der Waals surface area contributed by atoms with Crippen LogP contribution in [0, 0.1) is 11.8 Å². The van der Waals surface area contributed by atoms with Crippen LogP contribution in [0.3, 0.4) is 0 Å². The van der Waals surface area contributed by atoms with E-state index >= 15 is 0 Å². The number of benzene rings is 2. The number of hydrogen-bond donors (Lipinski definition) is 1. The summed E-state index contributed by atoms with van der Waals surface area (Å²) in [4.78, 5) is 2.53. The van der Waals surface area contributed by atoms with E-state index in [0.29, 0.717) is 0 Å². The average Bonchev–Trinajstić information content (AvgIpc) is 2.98. The summed E-state index contributed by atoms with van der Waals surface area (Å²) < 4.78 is 0. The third-order valence-electron chi connectivity index (χ3n) is 3.14. The van der Waals surface area contributed by atoms with Crippen LogP contribution in [0.2, 0.25) is 0 Å². The van der Waals surface area contributed by atoms with Crippen molar-refractivity contribution >= 4 is 33.9 Å². The number of fused-ring (bicyclic) bond motifs is 1. The first-order valence-electron chi connectivity index (χ1n) is 6.64. The van der Waals surface area contributed by atoms with Gasteiger partial charge in [0.25, 0.3) is 0 Å². The van der Waals surface area contributed by atoms with Gasteiger partial charge in [0.15, 0.2) is 0 Å². The first kappa shape index (κ1) is 14.2. The molecular formula is C18H14OS2. The van der Waals surface area contributed by atoms with E-state index in [1.807, 2.05) is 17.8 Å². The summed E-state index contributed by atoms with van der Waals surface area (Å²) >= 11 is 3.54. The van der Waals surface area contributed by atoms with Crippen LogP contribution in [-0.2, 0) is 5.75 Å². The van der Waals surface area contributed by atoms with Gasteiger partial charge in [0.2, 0.25) is 0 Å². The molecule has 0 aliphatic carbocycles. The van der Waals surface area contributed by atoms with E-state index in [9.17, 15) is 0 Å². The second-order valence-corrected chi connectivity index (χ2v) is 6.56. The molecule has 0 spiro atoms. The number of aliphatic hydroxyl groups is 1. The summed E-state index contributed by atoms with van der Waals surface area (Å²) in [5.74, 6) is 6.63. The molecule has 3 aromatic rings. The molecule has 1 heterocycles. The number of rotatable bonds is 3. The molecule has 1 nitrogen and oxygen atoms in total. The summed E-state index contributed by atoms with van der Waals surface area (Å²) in [7, 11) is 0. The van der Waals surface area contributed by atoms with Crippen molar-refractivity contribution in [1.82, 2.24) is 0 Å². The third kappa shape index (κ3) is 3.48. The minimum absolute atomic E-state index is 0.0902. The molecule has 0 fully saturated rings. The van der Waals surface area contributed by atoms with Crippen molar-refractivity contribution < 1.29 is 5.11 Å². The molecular weight excluding hydrogens is 296 g/mol. The molecule has 0 saturated carbocycles. The van der Waals surface area contributed by atoms with Crippen molar-refractivity contribution in [2.24, 2.45) is 0 Å². The first-order chi connectivity index (χ1) is 10.4. The molecule has 0 bridgehead atoms. The lowest BCUT2D eigenvalue weighted by Crippen LogP contribution is -1.82. The predicted molar refractivity (Wildman–Crippen MR) is 91.8 cm³/mol. The Hall–Kier alpha value is -1.73. The van der Waals surface area contributed by atoms with Crippen molar-refractivity contribution in [1.29, 1.82) is 0 Å². The largest absolute Gasteiger partial charge is 0.384 e. The topological polar surface area (TPSA) is 20.2 Å². The molecule has 0 amide bonds. The fourth-order valence-electron chi connectivity index (χ4n) is 2.10. The molecule has 2 aromatic carbocycles. The van der Waals surface area contributed by atoms with Crippen molar-refractivity contribution in [2.45, 2.75) is 10.6 Å². The fraction of sp³-hybridized carbons (Fsp3) is 0.111. The van der Waals surface area contributed by atoms with Crippen molar-refractivity contribution in [3.05, 3.63) is 64.4 Å². The molecule has 0 unspecified atom stereocenters. The van der Waals surface area contributed by atoms with Gasteiger partial charge in [0.1, 0.15) is 6.61 Å². The predicted octanol–water partition coefficient (Wildman–Crippen LogP) is 4.54. The fourth-order valence-corrected chi connectivity index (χ4v) is 4.00. The maximum atomic E-state index is 8.79. The van der Waals surface area contributed by atoms with Crippen LogP contribution in [-0.4, -0.2) is 11.7 Å². The van der Waals surface area contributed by atoms with Gasteiger partial charge in [-0.3, -0.25) is 0 Å². The van der Waals surface area contributed by atoms with Gasteiger partial charge in [-0.05, 0) is 34.4 Å². The van der Waals surface area contributed by atoms with Crippen LogP contribution >= 0.6 is 23.1 Å². The van der Waals surface area contributed by atoms with Crippen LogP contribution in [0.5, 0.6) is 0 Å². The smallest absolute Gasteiger partial charge is 0.104 e. The summed E-state index contributed by atoms with van der Waals surface area (Å²) in [5, 5.41) is 13.4. The molecule has 1 aromatic heterocycles. The zero-order valence-electron chi connectivity index (χ0n) is 11.4. The summed E-state index contributed by atoms with van der Waals surface area (Å²) in [6.07, 6.45) is 0. The molecule has 0 aliphatic rings. The molecule has 3 rings (SSSR count). The highest BCUT2D eigenvalue weighted by Crippen LogP contribution is 2.29. The van der Waals surface area contributed by atoms with Crippen molar-refractivity contribution in [3.8, 4) is 11.8 Å². The van der Waals surface area contributed by atoms with Gasteiger partial charge >= 0.3 is 0 Å². The normalized spacial score (nSPS) is 10.3. The van der Waals surface area contributed by atoms with Gasteiger partial charge in [-0.1, -0.05) is 42.2 Å². The van der Waals surface area contributed by atoms with Crippen molar-refractivity contribution in [3.63, 3.8) is 0 Å². The van der Waals surface area contributed by atoms with Gasteiger partial charge in [-0.25, -0.2) is 0 Å². The Labute approximate surface area is 132 Å². The molecule has 0 radical (unpaired) electrons. The average molecular weight is 310 g/mol. The van der Waals surface area contributed by atoms with Gasteiger partial charge in [-0.15, -0.1) is 23.1 Å². The minimum Gasteiger partial charge on any atom is -0.384 e. The van der Waals surface area contributed by atoms with E-state index in [2.05, 4.69) is 59.7 Å². The van der Waals surface area contributed by atoms with E-state index in [1.54, 1.807) is 11.3 Å². The SMILES string of the molecule is OCC#Cc1ccsc1CSc1ccc2ccccc2c1. The lowest BCUT2D eigenvalue weighted by atomic mass is 10.1. The van der Waals surface area contributed by atoms with Gasteiger partial charge < -0.3 is 5.11 Å². The molecule has 0 saturated heterocycles. The monoisotopic (exact) mass is 310 g/mol. The summed E-state index contributed by atoms with van der Waals surface area (Å²) in [6.45, 7) is -0.0902. The quantitative estimate of drug-likeness (QED) is 0.566. The molecule has 104 valence electrons.